The van der Waals surface area contributed by atoms with Crippen molar-refractivity contribution in [3.8, 4) is 5.75 Å². The normalized spacial score (nSPS) is 14.4. The Morgan fingerprint density at radius 3 is 2.67 bits per heavy atom. The fraction of sp³-hybridized carbons (Fsp3) is 0.357. The van der Waals surface area contributed by atoms with E-state index in [2.05, 4.69) is 39.4 Å². The fourth-order valence-corrected chi connectivity index (χ4v) is 5.55. The van der Waals surface area contributed by atoms with Crippen molar-refractivity contribution in [2.75, 3.05) is 44.2 Å². The number of carbonyl (C=O) groups is 1. The molecule has 0 radical (unpaired) electrons. The standard InChI is InChI=1S/C28H31N3O4S/c1-21(32)35-20-31-26-19-23(9-7-22(26)8-10-28(31)33)34-17-3-2-12-29-13-15-30(16-14-29)25-5-4-6-27-24(25)11-18-36-27/h4-11,18-19H,2-3,12-17,20H2,1H3. The fourth-order valence-electron chi connectivity index (χ4n) is 4.74. The largest absolute Gasteiger partial charge is 0.494 e. The maximum Gasteiger partial charge on any atom is 0.304 e. The lowest BCUT2D eigenvalue weighted by molar-refractivity contribution is -0.144. The summed E-state index contributed by atoms with van der Waals surface area (Å²) in [5.41, 5.74) is 1.83. The van der Waals surface area contributed by atoms with Crippen molar-refractivity contribution in [3.63, 3.8) is 0 Å². The number of piperazine rings is 1. The molecular weight excluding hydrogens is 474 g/mol. The molecule has 0 atom stereocenters. The molecule has 0 spiro atoms. The Morgan fingerprint density at radius 1 is 1.00 bits per heavy atom. The lowest BCUT2D eigenvalue weighted by atomic mass is 10.2. The number of aromatic nitrogens is 1. The molecule has 0 unspecified atom stereocenters. The number of anilines is 1. The SMILES string of the molecule is CC(=O)OCn1c(=O)ccc2ccc(OCCCCN3CCN(c4cccc5sccc45)CC3)cc21. The number of thiophene rings is 1. The van der Waals surface area contributed by atoms with Gasteiger partial charge in [-0.05, 0) is 66.6 Å². The van der Waals surface area contributed by atoms with Crippen LogP contribution in [-0.4, -0.2) is 54.8 Å². The van der Waals surface area contributed by atoms with Gasteiger partial charge in [0.05, 0.1) is 12.1 Å². The third-order valence-corrected chi connectivity index (χ3v) is 7.57. The van der Waals surface area contributed by atoms with E-state index in [-0.39, 0.29) is 12.3 Å². The van der Waals surface area contributed by atoms with Gasteiger partial charge in [-0.3, -0.25) is 19.1 Å². The Morgan fingerprint density at radius 2 is 1.83 bits per heavy atom. The van der Waals surface area contributed by atoms with E-state index in [1.807, 2.05) is 18.2 Å². The van der Waals surface area contributed by atoms with Crippen molar-refractivity contribution in [1.82, 2.24) is 9.47 Å². The third-order valence-electron chi connectivity index (χ3n) is 6.68. The van der Waals surface area contributed by atoms with Crippen molar-refractivity contribution in [3.05, 3.63) is 70.3 Å². The molecule has 0 N–H and O–H groups in total. The first-order valence-electron chi connectivity index (χ1n) is 12.4. The summed E-state index contributed by atoms with van der Waals surface area (Å²) in [6.45, 7) is 7.17. The van der Waals surface area contributed by atoms with Crippen molar-refractivity contribution < 1.29 is 14.3 Å². The van der Waals surface area contributed by atoms with Gasteiger partial charge < -0.3 is 14.4 Å². The lowest BCUT2D eigenvalue weighted by Gasteiger charge is -2.36. The quantitative estimate of drug-likeness (QED) is 0.242. The molecule has 1 aliphatic heterocycles. The molecule has 0 aliphatic carbocycles. The number of unbranched alkanes of at least 4 members (excludes halogenated alkanes) is 1. The Hall–Kier alpha value is -3.36. The maximum absolute atomic E-state index is 12.3. The summed E-state index contributed by atoms with van der Waals surface area (Å²) in [6.07, 6.45) is 2.03. The van der Waals surface area contributed by atoms with E-state index < -0.39 is 5.97 Å². The number of ether oxygens (including phenoxy) is 2. The topological polar surface area (TPSA) is 64.0 Å². The molecule has 36 heavy (non-hydrogen) atoms. The minimum Gasteiger partial charge on any atom is -0.494 e. The molecule has 4 aromatic rings. The van der Waals surface area contributed by atoms with Gasteiger partial charge in [0, 0.05) is 61.0 Å². The number of carbonyl (C=O) groups excluding carboxylic acids is 1. The van der Waals surface area contributed by atoms with Gasteiger partial charge in [0.2, 0.25) is 0 Å². The Balaban J connectivity index is 1.08. The predicted molar refractivity (Wildman–Crippen MR) is 145 cm³/mol. The summed E-state index contributed by atoms with van der Waals surface area (Å²) in [5, 5.41) is 4.43. The van der Waals surface area contributed by atoms with Crippen molar-refractivity contribution in [2.45, 2.75) is 26.5 Å². The van der Waals surface area contributed by atoms with Crippen LogP contribution >= 0.6 is 11.3 Å². The van der Waals surface area contributed by atoms with E-state index in [0.717, 1.165) is 51.0 Å². The summed E-state index contributed by atoms with van der Waals surface area (Å²) >= 11 is 1.80. The number of pyridine rings is 1. The second kappa shape index (κ2) is 11.1. The van der Waals surface area contributed by atoms with Crippen LogP contribution in [0.2, 0.25) is 0 Å². The lowest BCUT2D eigenvalue weighted by Crippen LogP contribution is -2.46. The number of esters is 1. The van der Waals surface area contributed by atoms with Crippen LogP contribution in [0.3, 0.4) is 0 Å². The van der Waals surface area contributed by atoms with Gasteiger partial charge >= 0.3 is 5.97 Å². The molecule has 188 valence electrons. The molecule has 0 bridgehead atoms. The van der Waals surface area contributed by atoms with Crippen molar-refractivity contribution in [2.24, 2.45) is 0 Å². The molecule has 1 saturated heterocycles. The Kier molecular flexibility index (Phi) is 7.53. The van der Waals surface area contributed by atoms with E-state index >= 15 is 0 Å². The monoisotopic (exact) mass is 505 g/mol. The summed E-state index contributed by atoms with van der Waals surface area (Å²) in [7, 11) is 0. The summed E-state index contributed by atoms with van der Waals surface area (Å²) in [6, 6.07) is 17.8. The number of fused-ring (bicyclic) bond motifs is 2. The van der Waals surface area contributed by atoms with Crippen LogP contribution in [0.15, 0.2) is 64.8 Å². The Bertz CT molecular complexity index is 1400. The van der Waals surface area contributed by atoms with Crippen LogP contribution in [0.4, 0.5) is 5.69 Å². The van der Waals surface area contributed by atoms with E-state index in [9.17, 15) is 9.59 Å². The van der Waals surface area contributed by atoms with E-state index in [1.54, 1.807) is 17.4 Å². The molecule has 1 fully saturated rings. The van der Waals surface area contributed by atoms with E-state index in [0.29, 0.717) is 17.9 Å². The van der Waals surface area contributed by atoms with Crippen LogP contribution in [-0.2, 0) is 16.3 Å². The molecule has 5 rings (SSSR count). The molecule has 0 amide bonds. The highest BCUT2D eigenvalue weighted by Gasteiger charge is 2.18. The van der Waals surface area contributed by atoms with Crippen LogP contribution in [0.1, 0.15) is 19.8 Å². The molecule has 8 heteroatoms. The van der Waals surface area contributed by atoms with Gasteiger partial charge in [-0.25, -0.2) is 0 Å². The van der Waals surface area contributed by atoms with Crippen LogP contribution in [0, 0.1) is 0 Å². The maximum atomic E-state index is 12.3. The predicted octanol–water partition coefficient (Wildman–Crippen LogP) is 4.72. The third kappa shape index (κ3) is 5.55. The van der Waals surface area contributed by atoms with Gasteiger partial charge in [-0.15, -0.1) is 11.3 Å². The molecule has 0 saturated carbocycles. The average Bonchev–Trinajstić information content (AvgIpc) is 3.37. The summed E-state index contributed by atoms with van der Waals surface area (Å²) < 4.78 is 13.8. The zero-order valence-corrected chi connectivity index (χ0v) is 21.3. The minimum absolute atomic E-state index is 0.107. The summed E-state index contributed by atoms with van der Waals surface area (Å²) in [5.74, 6) is 0.286. The zero-order valence-electron chi connectivity index (χ0n) is 20.5. The van der Waals surface area contributed by atoms with Gasteiger partial charge in [0.25, 0.3) is 5.56 Å². The van der Waals surface area contributed by atoms with Gasteiger partial charge in [0.15, 0.2) is 6.73 Å². The van der Waals surface area contributed by atoms with Gasteiger partial charge in [-0.1, -0.05) is 6.07 Å². The highest BCUT2D eigenvalue weighted by Crippen LogP contribution is 2.31. The molecule has 1 aliphatic rings. The second-order valence-corrected chi connectivity index (χ2v) is 10.0. The average molecular weight is 506 g/mol. The first-order chi connectivity index (χ1) is 17.6. The van der Waals surface area contributed by atoms with Crippen molar-refractivity contribution >= 4 is 44.0 Å². The minimum atomic E-state index is -0.424. The Labute approximate surface area is 214 Å². The van der Waals surface area contributed by atoms with Crippen molar-refractivity contribution in [1.29, 1.82) is 0 Å². The van der Waals surface area contributed by atoms with Crippen LogP contribution < -0.4 is 15.2 Å². The number of hydrogen-bond acceptors (Lipinski definition) is 7. The number of benzene rings is 2. The van der Waals surface area contributed by atoms with Crippen LogP contribution in [0.25, 0.3) is 21.0 Å². The van der Waals surface area contributed by atoms with Gasteiger partial charge in [-0.2, -0.15) is 0 Å². The first-order valence-corrected chi connectivity index (χ1v) is 13.3. The molecule has 3 heterocycles. The highest BCUT2D eigenvalue weighted by molar-refractivity contribution is 7.17. The van der Waals surface area contributed by atoms with Gasteiger partial charge in [0.1, 0.15) is 5.75 Å². The molecule has 2 aromatic carbocycles. The zero-order chi connectivity index (χ0) is 24.9. The van der Waals surface area contributed by atoms with E-state index in [4.69, 9.17) is 9.47 Å². The van der Waals surface area contributed by atoms with Crippen LogP contribution in [0.5, 0.6) is 5.75 Å². The smallest absolute Gasteiger partial charge is 0.304 e. The van der Waals surface area contributed by atoms with E-state index in [1.165, 1.54) is 33.3 Å². The molecule has 2 aromatic heterocycles. The number of rotatable bonds is 9. The first kappa shape index (κ1) is 24.3. The summed E-state index contributed by atoms with van der Waals surface area (Å²) in [4.78, 5) is 28.5. The molecule has 7 nitrogen and oxygen atoms in total. The highest BCUT2D eigenvalue weighted by atomic mass is 32.1. The number of nitrogens with zero attached hydrogens (tertiary/aromatic N) is 3. The number of hydrogen-bond donors (Lipinski definition) is 0. The molecular formula is C28H31N3O4S. The second-order valence-electron chi connectivity index (χ2n) is 9.08.